The molecule has 0 bridgehead atoms. The zero-order valence-corrected chi connectivity index (χ0v) is 13.5. The van der Waals surface area contributed by atoms with Crippen molar-refractivity contribution in [3.63, 3.8) is 0 Å². The molecule has 0 saturated heterocycles. The van der Waals surface area contributed by atoms with E-state index in [1.165, 1.54) is 12.8 Å². The van der Waals surface area contributed by atoms with Crippen molar-refractivity contribution in [2.75, 3.05) is 11.9 Å². The molecule has 2 saturated carbocycles. The summed E-state index contributed by atoms with van der Waals surface area (Å²) in [6.07, 6.45) is 7.54. The van der Waals surface area contributed by atoms with Crippen LogP contribution in [0.5, 0.6) is 5.75 Å². The van der Waals surface area contributed by atoms with Crippen LogP contribution in [0.1, 0.15) is 44.9 Å². The summed E-state index contributed by atoms with van der Waals surface area (Å²) in [5, 5.41) is 15.2. The first-order valence-electron chi connectivity index (χ1n) is 8.68. The van der Waals surface area contributed by atoms with Crippen molar-refractivity contribution in [1.82, 2.24) is 5.32 Å². The van der Waals surface area contributed by atoms with E-state index in [1.807, 2.05) is 24.3 Å². The molecule has 126 valence electrons. The molecule has 1 aromatic carbocycles. The molecule has 0 unspecified atom stereocenters. The lowest BCUT2D eigenvalue weighted by molar-refractivity contribution is 0.177. The topological polar surface area (TPSA) is 70.6 Å². The second-order valence-electron chi connectivity index (χ2n) is 6.72. The summed E-state index contributed by atoms with van der Waals surface area (Å²) >= 11 is 0. The first-order valence-corrected chi connectivity index (χ1v) is 8.68. The fourth-order valence-electron chi connectivity index (χ4n) is 3.46. The van der Waals surface area contributed by atoms with Gasteiger partial charge in [0.15, 0.2) is 0 Å². The maximum Gasteiger partial charge on any atom is 0.319 e. The third kappa shape index (κ3) is 4.86. The molecule has 2 aliphatic carbocycles. The van der Waals surface area contributed by atoms with Gasteiger partial charge in [-0.05, 0) is 75.1 Å². The molecular weight excluding hydrogens is 292 g/mol. The molecule has 0 spiro atoms. The average molecular weight is 318 g/mol. The van der Waals surface area contributed by atoms with E-state index >= 15 is 0 Å². The molecule has 2 fully saturated rings. The van der Waals surface area contributed by atoms with Crippen molar-refractivity contribution in [3.8, 4) is 5.75 Å². The van der Waals surface area contributed by atoms with E-state index in [0.29, 0.717) is 18.6 Å². The fraction of sp³-hybridized carbons (Fsp3) is 0.611. The summed E-state index contributed by atoms with van der Waals surface area (Å²) < 4.78 is 5.91. The fourth-order valence-corrected chi connectivity index (χ4v) is 3.46. The zero-order chi connectivity index (χ0) is 16.1. The van der Waals surface area contributed by atoms with Gasteiger partial charge in [0.1, 0.15) is 5.75 Å². The summed E-state index contributed by atoms with van der Waals surface area (Å²) in [6, 6.07) is 7.34. The molecule has 0 heterocycles. The van der Waals surface area contributed by atoms with E-state index in [9.17, 15) is 9.90 Å². The van der Waals surface area contributed by atoms with Crippen molar-refractivity contribution in [2.45, 2.75) is 57.2 Å². The summed E-state index contributed by atoms with van der Waals surface area (Å²) in [5.74, 6) is 1.25. The van der Waals surface area contributed by atoms with Crippen LogP contribution in [-0.4, -0.2) is 29.9 Å². The Morgan fingerprint density at radius 1 is 1.13 bits per heavy atom. The number of urea groups is 1. The molecule has 3 rings (SSSR count). The minimum absolute atomic E-state index is 0.197. The third-order valence-corrected chi connectivity index (χ3v) is 4.78. The number of hydrogen-bond donors (Lipinski definition) is 3. The molecule has 2 atom stereocenters. The Kier molecular flexibility index (Phi) is 5.39. The van der Waals surface area contributed by atoms with Crippen molar-refractivity contribution >= 4 is 11.7 Å². The van der Waals surface area contributed by atoms with Crippen molar-refractivity contribution < 1.29 is 14.6 Å². The van der Waals surface area contributed by atoms with E-state index in [1.54, 1.807) is 0 Å². The number of amides is 2. The quantitative estimate of drug-likeness (QED) is 0.780. The van der Waals surface area contributed by atoms with Crippen LogP contribution in [0, 0.1) is 5.92 Å². The SMILES string of the molecule is O=C(NC[C@@H]1CC[C@H](O)C1)Nc1ccc(OC2CCCC2)cc1. The lowest BCUT2D eigenvalue weighted by Crippen LogP contribution is -2.32. The molecule has 2 aliphatic rings. The van der Waals surface area contributed by atoms with E-state index in [2.05, 4.69) is 10.6 Å². The molecule has 5 nitrogen and oxygen atoms in total. The van der Waals surface area contributed by atoms with Crippen LogP contribution in [0.25, 0.3) is 0 Å². The molecular formula is C18H26N2O3. The lowest BCUT2D eigenvalue weighted by Gasteiger charge is -2.14. The number of aliphatic hydroxyl groups excluding tert-OH is 1. The number of nitrogens with one attached hydrogen (secondary N) is 2. The van der Waals surface area contributed by atoms with Gasteiger partial charge in [-0.1, -0.05) is 0 Å². The monoisotopic (exact) mass is 318 g/mol. The van der Waals surface area contributed by atoms with Gasteiger partial charge in [-0.3, -0.25) is 0 Å². The lowest BCUT2D eigenvalue weighted by atomic mass is 10.1. The largest absolute Gasteiger partial charge is 0.490 e. The molecule has 1 aromatic rings. The summed E-state index contributed by atoms with van der Waals surface area (Å²) in [6.45, 7) is 0.617. The van der Waals surface area contributed by atoms with E-state index in [0.717, 1.165) is 43.5 Å². The van der Waals surface area contributed by atoms with Crippen molar-refractivity contribution in [1.29, 1.82) is 0 Å². The summed E-state index contributed by atoms with van der Waals surface area (Å²) in [5.41, 5.74) is 0.757. The Morgan fingerprint density at radius 3 is 2.52 bits per heavy atom. The molecule has 23 heavy (non-hydrogen) atoms. The Hall–Kier alpha value is -1.75. The summed E-state index contributed by atoms with van der Waals surface area (Å²) in [7, 11) is 0. The molecule has 3 N–H and O–H groups in total. The maximum atomic E-state index is 11.9. The van der Waals surface area contributed by atoms with E-state index < -0.39 is 0 Å². The highest BCUT2D eigenvalue weighted by atomic mass is 16.5. The van der Waals surface area contributed by atoms with E-state index in [4.69, 9.17) is 4.74 Å². The number of anilines is 1. The minimum Gasteiger partial charge on any atom is -0.490 e. The number of benzene rings is 1. The Balaban J connectivity index is 1.41. The number of carbonyl (C=O) groups excluding carboxylic acids is 1. The van der Waals surface area contributed by atoms with Gasteiger partial charge < -0.3 is 20.5 Å². The molecule has 0 aliphatic heterocycles. The molecule has 0 aromatic heterocycles. The third-order valence-electron chi connectivity index (χ3n) is 4.78. The summed E-state index contributed by atoms with van der Waals surface area (Å²) in [4.78, 5) is 11.9. The van der Waals surface area contributed by atoms with Crippen LogP contribution in [-0.2, 0) is 0 Å². The van der Waals surface area contributed by atoms with Crippen LogP contribution in [0.2, 0.25) is 0 Å². The number of carbonyl (C=O) groups is 1. The first kappa shape index (κ1) is 16.1. The van der Waals surface area contributed by atoms with Crippen LogP contribution in [0.4, 0.5) is 10.5 Å². The highest BCUT2D eigenvalue weighted by molar-refractivity contribution is 5.89. The molecule has 2 amide bonds. The standard InChI is InChI=1S/C18H26N2O3/c21-15-8-5-13(11-15)12-19-18(22)20-14-6-9-17(10-7-14)23-16-3-1-2-4-16/h6-7,9-10,13,15-16,21H,1-5,8,11-12H2,(H2,19,20,22)/t13-,15+/m1/s1. The Labute approximate surface area is 137 Å². The van der Waals surface area contributed by atoms with Gasteiger partial charge in [0.25, 0.3) is 0 Å². The number of rotatable bonds is 5. The second kappa shape index (κ2) is 7.68. The Morgan fingerprint density at radius 2 is 1.87 bits per heavy atom. The molecule has 0 radical (unpaired) electrons. The van der Waals surface area contributed by atoms with Gasteiger partial charge in [-0.15, -0.1) is 0 Å². The highest BCUT2D eigenvalue weighted by Gasteiger charge is 2.23. The normalized spacial score (nSPS) is 24.6. The number of aliphatic hydroxyl groups is 1. The van der Waals surface area contributed by atoms with Crippen LogP contribution in [0.15, 0.2) is 24.3 Å². The van der Waals surface area contributed by atoms with E-state index in [-0.39, 0.29) is 12.1 Å². The highest BCUT2D eigenvalue weighted by Crippen LogP contribution is 2.25. The predicted octanol–water partition coefficient (Wildman–Crippen LogP) is 3.29. The predicted molar refractivity (Wildman–Crippen MR) is 89.7 cm³/mol. The van der Waals surface area contributed by atoms with Crippen LogP contribution < -0.4 is 15.4 Å². The first-order chi connectivity index (χ1) is 11.2. The Bertz CT molecular complexity index is 512. The second-order valence-corrected chi connectivity index (χ2v) is 6.72. The maximum absolute atomic E-state index is 11.9. The number of hydrogen-bond acceptors (Lipinski definition) is 3. The van der Waals surface area contributed by atoms with Gasteiger partial charge in [0.05, 0.1) is 12.2 Å². The average Bonchev–Trinajstić information content (AvgIpc) is 3.19. The van der Waals surface area contributed by atoms with Gasteiger partial charge in [-0.2, -0.15) is 0 Å². The molecule has 5 heteroatoms. The van der Waals surface area contributed by atoms with Gasteiger partial charge in [0, 0.05) is 12.2 Å². The van der Waals surface area contributed by atoms with Crippen LogP contribution >= 0.6 is 0 Å². The number of ether oxygens (including phenoxy) is 1. The van der Waals surface area contributed by atoms with Crippen molar-refractivity contribution in [3.05, 3.63) is 24.3 Å². The van der Waals surface area contributed by atoms with Gasteiger partial charge >= 0.3 is 6.03 Å². The van der Waals surface area contributed by atoms with Crippen molar-refractivity contribution in [2.24, 2.45) is 5.92 Å². The van der Waals surface area contributed by atoms with Gasteiger partial charge in [-0.25, -0.2) is 4.79 Å². The smallest absolute Gasteiger partial charge is 0.319 e. The van der Waals surface area contributed by atoms with Gasteiger partial charge in [0.2, 0.25) is 0 Å². The zero-order valence-electron chi connectivity index (χ0n) is 13.5. The van der Waals surface area contributed by atoms with Crippen LogP contribution in [0.3, 0.4) is 0 Å². The minimum atomic E-state index is -0.198.